The molecule has 6 nitrogen and oxygen atoms in total. The highest BCUT2D eigenvalue weighted by molar-refractivity contribution is 7.10. The summed E-state index contributed by atoms with van der Waals surface area (Å²) in [6.45, 7) is 6.04. The average molecular weight is 304 g/mol. The van der Waals surface area contributed by atoms with Crippen LogP contribution in [0, 0.1) is 6.92 Å². The molecule has 0 spiro atoms. The van der Waals surface area contributed by atoms with Crippen LogP contribution in [-0.2, 0) is 9.53 Å². The molecule has 0 unspecified atom stereocenters. The maximum Gasteiger partial charge on any atom is 0.338 e. The molecule has 7 heteroatoms. The quantitative estimate of drug-likeness (QED) is 0.882. The molecule has 2 aromatic heterocycles. The fourth-order valence-corrected chi connectivity index (χ4v) is 3.49. The van der Waals surface area contributed by atoms with Gasteiger partial charge in [0.05, 0.1) is 12.2 Å². The van der Waals surface area contributed by atoms with Gasteiger partial charge in [-0.3, -0.25) is 0 Å². The molecule has 3 heterocycles. The number of nitrogens with zero attached hydrogens (tertiary/aromatic N) is 3. The molecule has 21 heavy (non-hydrogen) atoms. The highest BCUT2D eigenvalue weighted by atomic mass is 32.1. The minimum absolute atomic E-state index is 0.289. The number of carbonyl (C=O) groups is 1. The Kier molecular flexibility index (Phi) is 3.50. The van der Waals surface area contributed by atoms with Gasteiger partial charge in [0.15, 0.2) is 0 Å². The number of allylic oxidation sites excluding steroid dienone is 1. The number of aromatic nitrogens is 3. The first-order chi connectivity index (χ1) is 10.1. The number of esters is 1. The van der Waals surface area contributed by atoms with Crippen LogP contribution in [0.2, 0.25) is 0 Å². The monoisotopic (exact) mass is 304 g/mol. The Morgan fingerprint density at radius 1 is 1.52 bits per heavy atom. The van der Waals surface area contributed by atoms with E-state index in [0.717, 1.165) is 16.1 Å². The second-order valence-electron chi connectivity index (χ2n) is 4.78. The van der Waals surface area contributed by atoms with Gasteiger partial charge >= 0.3 is 5.97 Å². The maximum atomic E-state index is 12.4. The Balaban J connectivity index is 2.16. The molecule has 0 saturated heterocycles. The molecule has 3 rings (SSSR count). The number of rotatable bonds is 3. The van der Waals surface area contributed by atoms with E-state index in [1.54, 1.807) is 22.9 Å². The molecule has 0 amide bonds. The van der Waals surface area contributed by atoms with Crippen LogP contribution in [0.25, 0.3) is 0 Å². The zero-order chi connectivity index (χ0) is 15.0. The first-order valence-electron chi connectivity index (χ1n) is 6.72. The molecule has 0 fully saturated rings. The van der Waals surface area contributed by atoms with Crippen molar-refractivity contribution in [2.45, 2.75) is 26.8 Å². The lowest BCUT2D eigenvalue weighted by Gasteiger charge is -2.27. The van der Waals surface area contributed by atoms with Crippen LogP contribution in [0.15, 0.2) is 29.0 Å². The number of carbonyl (C=O) groups excluding carboxylic acids is 1. The molecule has 0 saturated carbocycles. The largest absolute Gasteiger partial charge is 0.463 e. The number of hydrogen-bond donors (Lipinski definition) is 1. The number of aryl methyl sites for hydroxylation is 1. The van der Waals surface area contributed by atoms with Crippen molar-refractivity contribution in [2.24, 2.45) is 0 Å². The van der Waals surface area contributed by atoms with Gasteiger partial charge in [-0.05, 0) is 37.8 Å². The van der Waals surface area contributed by atoms with Crippen molar-refractivity contribution in [2.75, 3.05) is 11.9 Å². The van der Waals surface area contributed by atoms with E-state index in [1.165, 1.54) is 6.33 Å². The van der Waals surface area contributed by atoms with E-state index >= 15 is 0 Å². The number of hydrogen-bond acceptors (Lipinski definition) is 6. The average Bonchev–Trinajstić information content (AvgIpc) is 3.06. The van der Waals surface area contributed by atoms with E-state index in [-0.39, 0.29) is 12.0 Å². The Morgan fingerprint density at radius 2 is 2.33 bits per heavy atom. The van der Waals surface area contributed by atoms with Crippen molar-refractivity contribution < 1.29 is 9.53 Å². The summed E-state index contributed by atoms with van der Waals surface area (Å²) < 4.78 is 6.95. The summed E-state index contributed by atoms with van der Waals surface area (Å²) in [5.74, 6) is 0.319. The molecule has 1 aliphatic rings. The van der Waals surface area contributed by atoms with Gasteiger partial charge in [0.25, 0.3) is 0 Å². The lowest BCUT2D eigenvalue weighted by Crippen LogP contribution is -2.29. The smallest absolute Gasteiger partial charge is 0.338 e. The third-order valence-corrected chi connectivity index (χ3v) is 4.51. The third kappa shape index (κ3) is 2.23. The molecule has 1 aliphatic heterocycles. The van der Waals surface area contributed by atoms with E-state index in [1.807, 2.05) is 25.3 Å². The summed E-state index contributed by atoms with van der Waals surface area (Å²) in [4.78, 5) is 17.7. The summed E-state index contributed by atoms with van der Waals surface area (Å²) in [6.07, 6.45) is 1.49. The summed E-state index contributed by atoms with van der Waals surface area (Å²) in [5.41, 5.74) is 2.47. The fraction of sp³-hybridized carbons (Fsp3) is 0.357. The lowest BCUT2D eigenvalue weighted by atomic mass is 10.00. The van der Waals surface area contributed by atoms with Gasteiger partial charge < -0.3 is 10.1 Å². The van der Waals surface area contributed by atoms with Crippen LogP contribution in [0.3, 0.4) is 0 Å². The van der Waals surface area contributed by atoms with E-state index in [2.05, 4.69) is 15.4 Å². The van der Waals surface area contributed by atoms with Crippen LogP contribution in [-0.4, -0.2) is 27.3 Å². The maximum absolute atomic E-state index is 12.4. The Labute approximate surface area is 126 Å². The molecule has 0 aliphatic carbocycles. The minimum atomic E-state index is -0.318. The minimum Gasteiger partial charge on any atom is -0.463 e. The molecule has 1 atom stereocenters. The summed E-state index contributed by atoms with van der Waals surface area (Å²) >= 11 is 1.61. The van der Waals surface area contributed by atoms with Gasteiger partial charge in [-0.25, -0.2) is 9.48 Å². The van der Waals surface area contributed by atoms with Crippen LogP contribution >= 0.6 is 11.3 Å². The number of thiophene rings is 1. The molecule has 0 aromatic carbocycles. The summed E-state index contributed by atoms with van der Waals surface area (Å²) in [6, 6.07) is 1.75. The van der Waals surface area contributed by atoms with Crippen LogP contribution in [0.1, 0.15) is 30.3 Å². The Morgan fingerprint density at radius 3 is 3.00 bits per heavy atom. The lowest BCUT2D eigenvalue weighted by molar-refractivity contribution is -0.139. The molecule has 0 bridgehead atoms. The van der Waals surface area contributed by atoms with Crippen molar-refractivity contribution in [3.8, 4) is 0 Å². The fourth-order valence-electron chi connectivity index (χ4n) is 2.47. The van der Waals surface area contributed by atoms with Gasteiger partial charge in [0, 0.05) is 10.6 Å². The molecule has 1 N–H and O–H groups in total. The molecule has 2 aromatic rings. The highest BCUT2D eigenvalue weighted by Crippen LogP contribution is 2.38. The van der Waals surface area contributed by atoms with E-state index in [9.17, 15) is 4.79 Å². The number of fused-ring (bicyclic) bond motifs is 1. The standard InChI is InChI=1S/C14H16N4O2S/c1-4-20-13(19)10-9(3)17-14-15-7-16-18(14)11(10)12-8(2)5-6-21-12/h5-7,11H,4H2,1-3H3,(H,15,16,17)/t11-/m0/s1. The number of anilines is 1. The first-order valence-corrected chi connectivity index (χ1v) is 7.59. The molecule has 110 valence electrons. The van der Waals surface area contributed by atoms with E-state index < -0.39 is 0 Å². The van der Waals surface area contributed by atoms with Crippen molar-refractivity contribution in [3.05, 3.63) is 39.5 Å². The van der Waals surface area contributed by atoms with Gasteiger partial charge in [0.2, 0.25) is 5.95 Å². The van der Waals surface area contributed by atoms with Crippen molar-refractivity contribution in [3.63, 3.8) is 0 Å². The third-order valence-electron chi connectivity index (χ3n) is 3.44. The second kappa shape index (κ2) is 5.33. The Bertz CT molecular complexity index is 716. The molecule has 0 radical (unpaired) electrons. The Hall–Kier alpha value is -2.15. The predicted molar refractivity (Wildman–Crippen MR) is 80.2 cm³/mol. The predicted octanol–water partition coefficient (Wildman–Crippen LogP) is 2.50. The van der Waals surface area contributed by atoms with Gasteiger partial charge in [-0.2, -0.15) is 10.1 Å². The van der Waals surface area contributed by atoms with Crippen LogP contribution < -0.4 is 5.32 Å². The number of ether oxygens (including phenoxy) is 1. The van der Waals surface area contributed by atoms with Crippen molar-refractivity contribution in [1.82, 2.24) is 14.8 Å². The normalized spacial score (nSPS) is 17.4. The summed E-state index contributed by atoms with van der Waals surface area (Å²) in [7, 11) is 0. The first kappa shape index (κ1) is 13.8. The van der Waals surface area contributed by atoms with Crippen molar-refractivity contribution >= 4 is 23.3 Å². The van der Waals surface area contributed by atoms with Gasteiger partial charge in [0.1, 0.15) is 12.4 Å². The zero-order valence-electron chi connectivity index (χ0n) is 12.1. The zero-order valence-corrected chi connectivity index (χ0v) is 12.9. The topological polar surface area (TPSA) is 69.0 Å². The number of nitrogens with one attached hydrogen (secondary N) is 1. The molecular formula is C14H16N4O2S. The molecular weight excluding hydrogens is 288 g/mol. The van der Waals surface area contributed by atoms with E-state index in [4.69, 9.17) is 4.74 Å². The van der Waals surface area contributed by atoms with Crippen LogP contribution in [0.4, 0.5) is 5.95 Å². The van der Waals surface area contributed by atoms with Gasteiger partial charge in [-0.15, -0.1) is 11.3 Å². The van der Waals surface area contributed by atoms with Crippen molar-refractivity contribution in [1.29, 1.82) is 0 Å². The van der Waals surface area contributed by atoms with Crippen LogP contribution in [0.5, 0.6) is 0 Å². The SMILES string of the molecule is CCOC(=O)C1=C(C)Nc2ncnn2[C@@H]1c1sccc1C. The highest BCUT2D eigenvalue weighted by Gasteiger charge is 2.35. The summed E-state index contributed by atoms with van der Waals surface area (Å²) in [5, 5.41) is 9.40. The second-order valence-corrected chi connectivity index (χ2v) is 5.73. The van der Waals surface area contributed by atoms with Gasteiger partial charge in [-0.1, -0.05) is 0 Å². The van der Waals surface area contributed by atoms with E-state index in [0.29, 0.717) is 18.1 Å².